The van der Waals surface area contributed by atoms with Crippen LogP contribution in [-0.4, -0.2) is 27.8 Å². The molecule has 0 aliphatic carbocycles. The van der Waals surface area contributed by atoms with E-state index in [9.17, 15) is 0 Å². The third kappa shape index (κ3) is 2.28. The van der Waals surface area contributed by atoms with E-state index < -0.39 is 0 Å². The fourth-order valence-corrected chi connectivity index (χ4v) is 2.25. The van der Waals surface area contributed by atoms with Crippen molar-refractivity contribution in [2.24, 2.45) is 12.8 Å². The van der Waals surface area contributed by atoms with Gasteiger partial charge in [-0.05, 0) is 26.2 Å². The first-order chi connectivity index (χ1) is 7.62. The molecule has 1 fully saturated rings. The fraction of sp³-hybridized carbons (Fsp3) is 0.750. The summed E-state index contributed by atoms with van der Waals surface area (Å²) in [4.78, 5) is 4.31. The van der Waals surface area contributed by atoms with Crippen molar-refractivity contribution in [1.82, 2.24) is 9.55 Å². The Morgan fingerprint density at radius 2 is 2.44 bits per heavy atom. The van der Waals surface area contributed by atoms with Crippen LogP contribution in [0, 0.1) is 0 Å². The predicted octanol–water partition coefficient (Wildman–Crippen LogP) is 1.25. The van der Waals surface area contributed by atoms with Gasteiger partial charge < -0.3 is 15.0 Å². The van der Waals surface area contributed by atoms with Crippen molar-refractivity contribution in [3.05, 3.63) is 18.2 Å². The standard InChI is InChI=1S/C12H21N3O/c1-12(5-3-4-8-16-12)10(13)9-11-14-6-7-15(11)2/h6-7,10H,3-5,8-9,13H2,1-2H3. The molecule has 0 saturated carbocycles. The molecule has 4 nitrogen and oxygen atoms in total. The van der Waals surface area contributed by atoms with E-state index in [-0.39, 0.29) is 11.6 Å². The SMILES string of the molecule is Cn1ccnc1CC(N)C1(C)CCCCO1. The van der Waals surface area contributed by atoms with E-state index >= 15 is 0 Å². The number of rotatable bonds is 3. The molecule has 16 heavy (non-hydrogen) atoms. The molecule has 1 saturated heterocycles. The van der Waals surface area contributed by atoms with E-state index in [2.05, 4.69) is 11.9 Å². The molecule has 2 N–H and O–H groups in total. The van der Waals surface area contributed by atoms with Crippen LogP contribution in [0.15, 0.2) is 12.4 Å². The minimum absolute atomic E-state index is 0.0221. The number of hydrogen-bond donors (Lipinski definition) is 1. The summed E-state index contributed by atoms with van der Waals surface area (Å²) in [6.07, 6.45) is 7.96. The van der Waals surface area contributed by atoms with Gasteiger partial charge in [0.2, 0.25) is 0 Å². The third-order valence-corrected chi connectivity index (χ3v) is 3.61. The lowest BCUT2D eigenvalue weighted by atomic mass is 9.87. The molecule has 2 heterocycles. The average molecular weight is 223 g/mol. The Morgan fingerprint density at radius 3 is 3.00 bits per heavy atom. The molecule has 4 heteroatoms. The molecule has 1 aromatic heterocycles. The van der Waals surface area contributed by atoms with Crippen molar-refractivity contribution < 1.29 is 4.74 Å². The maximum atomic E-state index is 6.26. The van der Waals surface area contributed by atoms with Gasteiger partial charge >= 0.3 is 0 Å². The van der Waals surface area contributed by atoms with Gasteiger partial charge in [-0.1, -0.05) is 0 Å². The summed E-state index contributed by atoms with van der Waals surface area (Å²) in [5.74, 6) is 1.03. The molecule has 0 spiro atoms. The predicted molar refractivity (Wildman–Crippen MR) is 63.1 cm³/mol. The zero-order chi connectivity index (χ0) is 11.6. The molecule has 1 aromatic rings. The van der Waals surface area contributed by atoms with Gasteiger partial charge in [0, 0.05) is 38.5 Å². The number of imidazole rings is 1. The summed E-state index contributed by atoms with van der Waals surface area (Å²) in [5, 5.41) is 0. The van der Waals surface area contributed by atoms with Crippen molar-refractivity contribution in [2.75, 3.05) is 6.61 Å². The normalized spacial score (nSPS) is 27.9. The van der Waals surface area contributed by atoms with Gasteiger partial charge in [0.1, 0.15) is 5.82 Å². The molecule has 2 atom stereocenters. The summed E-state index contributed by atoms with van der Waals surface area (Å²) in [6, 6.07) is 0.0221. The van der Waals surface area contributed by atoms with Gasteiger partial charge in [0.05, 0.1) is 5.60 Å². The van der Waals surface area contributed by atoms with E-state index in [1.807, 2.05) is 24.0 Å². The third-order valence-electron chi connectivity index (χ3n) is 3.61. The van der Waals surface area contributed by atoms with Crippen molar-refractivity contribution in [2.45, 2.75) is 44.2 Å². The average Bonchev–Trinajstić information content (AvgIpc) is 2.65. The van der Waals surface area contributed by atoms with Crippen LogP contribution in [0.3, 0.4) is 0 Å². The lowest BCUT2D eigenvalue weighted by Gasteiger charge is -2.38. The minimum atomic E-state index is -0.176. The highest BCUT2D eigenvalue weighted by molar-refractivity contribution is 5.00. The second-order valence-corrected chi connectivity index (χ2v) is 4.88. The zero-order valence-electron chi connectivity index (χ0n) is 10.1. The van der Waals surface area contributed by atoms with E-state index in [4.69, 9.17) is 10.5 Å². The second-order valence-electron chi connectivity index (χ2n) is 4.88. The molecule has 90 valence electrons. The number of aromatic nitrogens is 2. The number of ether oxygens (including phenoxy) is 1. The van der Waals surface area contributed by atoms with Crippen molar-refractivity contribution >= 4 is 0 Å². The van der Waals surface area contributed by atoms with Crippen molar-refractivity contribution in [3.63, 3.8) is 0 Å². The summed E-state index contributed by atoms with van der Waals surface area (Å²) in [7, 11) is 2.00. The number of nitrogens with zero attached hydrogens (tertiary/aromatic N) is 2. The highest BCUT2D eigenvalue weighted by Gasteiger charge is 2.35. The Morgan fingerprint density at radius 1 is 1.62 bits per heavy atom. The molecular formula is C12H21N3O. The molecule has 0 aromatic carbocycles. The molecule has 2 rings (SSSR count). The lowest BCUT2D eigenvalue weighted by Crippen LogP contribution is -2.51. The zero-order valence-corrected chi connectivity index (χ0v) is 10.1. The van der Waals surface area contributed by atoms with Crippen LogP contribution < -0.4 is 5.73 Å². The van der Waals surface area contributed by atoms with E-state index in [0.717, 1.165) is 31.7 Å². The Bertz CT molecular complexity index is 342. The van der Waals surface area contributed by atoms with Gasteiger partial charge in [-0.25, -0.2) is 4.98 Å². The van der Waals surface area contributed by atoms with Crippen LogP contribution in [0.2, 0.25) is 0 Å². The Kier molecular flexibility index (Phi) is 3.30. The maximum Gasteiger partial charge on any atom is 0.110 e. The summed E-state index contributed by atoms with van der Waals surface area (Å²) in [6.45, 7) is 2.96. The topological polar surface area (TPSA) is 53.1 Å². The number of nitrogens with two attached hydrogens (primary N) is 1. The van der Waals surface area contributed by atoms with Crippen LogP contribution in [-0.2, 0) is 18.2 Å². The quantitative estimate of drug-likeness (QED) is 0.839. The van der Waals surface area contributed by atoms with Gasteiger partial charge in [0.25, 0.3) is 0 Å². The van der Waals surface area contributed by atoms with Crippen LogP contribution >= 0.6 is 0 Å². The Hall–Kier alpha value is -0.870. The monoisotopic (exact) mass is 223 g/mol. The van der Waals surface area contributed by atoms with Crippen molar-refractivity contribution in [3.8, 4) is 0 Å². The van der Waals surface area contributed by atoms with E-state index in [1.54, 1.807) is 0 Å². The van der Waals surface area contributed by atoms with Gasteiger partial charge in [0.15, 0.2) is 0 Å². The first-order valence-corrected chi connectivity index (χ1v) is 5.97. The Labute approximate surface area is 96.8 Å². The number of aryl methyl sites for hydroxylation is 1. The summed E-state index contributed by atoms with van der Waals surface area (Å²) >= 11 is 0. The molecule has 2 unspecified atom stereocenters. The summed E-state index contributed by atoms with van der Waals surface area (Å²) < 4.78 is 7.87. The Balaban J connectivity index is 2.01. The van der Waals surface area contributed by atoms with E-state index in [1.165, 1.54) is 6.42 Å². The second kappa shape index (κ2) is 4.55. The van der Waals surface area contributed by atoms with Crippen LogP contribution in [0.25, 0.3) is 0 Å². The number of hydrogen-bond acceptors (Lipinski definition) is 3. The maximum absolute atomic E-state index is 6.26. The molecule has 0 amide bonds. The first kappa shape index (κ1) is 11.6. The van der Waals surface area contributed by atoms with E-state index in [0.29, 0.717) is 0 Å². The van der Waals surface area contributed by atoms with Gasteiger partial charge in [-0.3, -0.25) is 0 Å². The fourth-order valence-electron chi connectivity index (χ4n) is 2.25. The largest absolute Gasteiger partial charge is 0.374 e. The molecule has 0 radical (unpaired) electrons. The first-order valence-electron chi connectivity index (χ1n) is 5.97. The highest BCUT2D eigenvalue weighted by atomic mass is 16.5. The molecule has 1 aliphatic rings. The highest BCUT2D eigenvalue weighted by Crippen LogP contribution is 2.28. The van der Waals surface area contributed by atoms with Gasteiger partial charge in [-0.15, -0.1) is 0 Å². The lowest BCUT2D eigenvalue weighted by molar-refractivity contribution is -0.0812. The minimum Gasteiger partial charge on any atom is -0.374 e. The van der Waals surface area contributed by atoms with Gasteiger partial charge in [-0.2, -0.15) is 0 Å². The smallest absolute Gasteiger partial charge is 0.110 e. The van der Waals surface area contributed by atoms with Crippen LogP contribution in [0.4, 0.5) is 0 Å². The van der Waals surface area contributed by atoms with Crippen LogP contribution in [0.1, 0.15) is 32.0 Å². The molecule has 1 aliphatic heterocycles. The van der Waals surface area contributed by atoms with Crippen LogP contribution in [0.5, 0.6) is 0 Å². The molecule has 0 bridgehead atoms. The summed E-state index contributed by atoms with van der Waals surface area (Å²) in [5.41, 5.74) is 6.09. The molecular weight excluding hydrogens is 202 g/mol. The van der Waals surface area contributed by atoms with Crippen molar-refractivity contribution in [1.29, 1.82) is 0 Å².